The number of benzene rings is 2. The molecule has 0 aliphatic carbocycles. The molecule has 3 saturated heterocycles. The quantitative estimate of drug-likeness (QED) is 0.459. The Kier molecular flexibility index (Phi) is 10.7. The molecule has 1 atom stereocenters. The second kappa shape index (κ2) is 15.0. The average molecular weight is 710 g/mol. The fourth-order valence-corrected chi connectivity index (χ4v) is 7.94. The van der Waals surface area contributed by atoms with Crippen molar-refractivity contribution in [2.24, 2.45) is 0 Å². The van der Waals surface area contributed by atoms with Gasteiger partial charge in [0.1, 0.15) is 0 Å². The monoisotopic (exact) mass is 708 g/mol. The summed E-state index contributed by atoms with van der Waals surface area (Å²) in [4.78, 5) is 51.2. The van der Waals surface area contributed by atoms with Crippen LogP contribution in [0.5, 0.6) is 0 Å². The molecule has 254 valence electrons. The molecule has 4 aliphatic rings. The number of nitrogens with one attached hydrogen (secondary N) is 1. The van der Waals surface area contributed by atoms with Gasteiger partial charge in [-0.1, -0.05) is 46.3 Å². The smallest absolute Gasteiger partial charge is 0.410 e. The second-order valence-electron chi connectivity index (χ2n) is 13.8. The van der Waals surface area contributed by atoms with Crippen LogP contribution in [0, 0.1) is 13.8 Å². The Balaban J connectivity index is 1.08. The predicted octanol–water partition coefficient (Wildman–Crippen LogP) is 4.91. The number of likely N-dealkylation sites (tertiary alicyclic amines) is 2. The molecule has 2 aromatic carbocycles. The molecule has 4 amide bonds. The Morgan fingerprint density at radius 2 is 1.51 bits per heavy atom. The lowest BCUT2D eigenvalue weighted by Crippen LogP contribution is -2.56. The van der Waals surface area contributed by atoms with Crippen LogP contribution in [0.15, 0.2) is 40.9 Å². The van der Waals surface area contributed by atoms with E-state index >= 15 is 0 Å². The van der Waals surface area contributed by atoms with Crippen molar-refractivity contribution in [1.29, 1.82) is 0 Å². The number of ether oxygens (including phenoxy) is 1. The highest BCUT2D eigenvalue weighted by Gasteiger charge is 2.36. The zero-order chi connectivity index (χ0) is 33.1. The van der Waals surface area contributed by atoms with E-state index in [-0.39, 0.29) is 18.0 Å². The third-order valence-electron chi connectivity index (χ3n) is 10.6. The lowest BCUT2D eigenvalue weighted by molar-refractivity contribution is -0.143. The van der Waals surface area contributed by atoms with Crippen LogP contribution in [-0.4, -0.2) is 127 Å². The maximum atomic E-state index is 14.0. The number of para-hydroxylation sites is 1. The highest BCUT2D eigenvalue weighted by Crippen LogP contribution is 2.27. The van der Waals surface area contributed by atoms with Crippen molar-refractivity contribution in [2.75, 3.05) is 71.3 Å². The maximum Gasteiger partial charge on any atom is 0.410 e. The number of hydrogen-bond acceptors (Lipinski definition) is 6. The minimum absolute atomic E-state index is 0.0420. The first-order chi connectivity index (χ1) is 22.7. The van der Waals surface area contributed by atoms with Gasteiger partial charge in [0.05, 0.1) is 0 Å². The number of anilines is 1. The lowest BCUT2D eigenvalue weighted by Gasteiger charge is -2.42. The summed E-state index contributed by atoms with van der Waals surface area (Å²) in [5.74, 6) is -0.115. The van der Waals surface area contributed by atoms with E-state index in [0.29, 0.717) is 58.0 Å². The van der Waals surface area contributed by atoms with Gasteiger partial charge in [-0.15, -0.1) is 0 Å². The van der Waals surface area contributed by atoms with Gasteiger partial charge in [-0.2, -0.15) is 0 Å². The topological polar surface area (TPSA) is 88.7 Å². The molecule has 2 aromatic rings. The van der Waals surface area contributed by atoms with E-state index in [1.807, 2.05) is 41.8 Å². The second-order valence-corrected chi connectivity index (χ2v) is 14.6. The number of urea groups is 1. The molecule has 0 aromatic heterocycles. The summed E-state index contributed by atoms with van der Waals surface area (Å²) >= 11 is 3.65. The summed E-state index contributed by atoms with van der Waals surface area (Å²) < 4.78 is 7.16. The largest absolute Gasteiger partial charge is 0.436 e. The number of halogens is 1. The van der Waals surface area contributed by atoms with Gasteiger partial charge in [-0.25, -0.2) is 9.59 Å². The number of piperidine rings is 2. The van der Waals surface area contributed by atoms with Crippen LogP contribution in [0.25, 0.3) is 0 Å². The summed E-state index contributed by atoms with van der Waals surface area (Å²) in [6, 6.07) is 12.6. The Labute approximate surface area is 287 Å². The fraction of sp³-hybridized carbons (Fsp3) is 0.583. The van der Waals surface area contributed by atoms with Gasteiger partial charge in [-0.3, -0.25) is 9.69 Å². The third kappa shape index (κ3) is 7.95. The molecule has 0 bridgehead atoms. The average Bonchev–Trinajstić information content (AvgIpc) is 3.25. The zero-order valence-corrected chi connectivity index (χ0v) is 29.6. The predicted molar refractivity (Wildman–Crippen MR) is 187 cm³/mol. The first kappa shape index (κ1) is 33.7. The standard InChI is InChI=1S/C36H49BrN6O4/c1-25-22-27(23-26(2)33(25)37)24-32(34(44)41-20-18-40(19-21-41)29-9-13-39(3)14-10-29)47-36(46)42-15-11-30(12-16-42)43-17-8-28-6-4-5-7-31(28)38-35(43)45/h4-7,22-23,29-30,32H,8-21,24H2,1-3H3,(H,38,45). The summed E-state index contributed by atoms with van der Waals surface area (Å²) in [5, 5.41) is 3.06. The van der Waals surface area contributed by atoms with Crippen molar-refractivity contribution in [3.05, 3.63) is 63.1 Å². The molecule has 4 heterocycles. The van der Waals surface area contributed by atoms with Crippen molar-refractivity contribution in [3.63, 3.8) is 0 Å². The minimum Gasteiger partial charge on any atom is -0.436 e. The Bertz CT molecular complexity index is 1420. The van der Waals surface area contributed by atoms with Gasteiger partial charge in [0, 0.05) is 74.5 Å². The van der Waals surface area contributed by atoms with E-state index in [9.17, 15) is 14.4 Å². The Morgan fingerprint density at radius 3 is 2.19 bits per heavy atom. The number of hydrogen-bond donors (Lipinski definition) is 1. The number of carbonyl (C=O) groups is 3. The van der Waals surface area contributed by atoms with E-state index in [2.05, 4.69) is 56.3 Å². The van der Waals surface area contributed by atoms with Crippen molar-refractivity contribution < 1.29 is 19.1 Å². The van der Waals surface area contributed by atoms with Gasteiger partial charge in [0.2, 0.25) is 0 Å². The van der Waals surface area contributed by atoms with Crippen molar-refractivity contribution in [3.8, 4) is 0 Å². The summed E-state index contributed by atoms with van der Waals surface area (Å²) in [6.45, 7) is 10.9. The summed E-state index contributed by atoms with van der Waals surface area (Å²) in [7, 11) is 2.18. The summed E-state index contributed by atoms with van der Waals surface area (Å²) in [5.41, 5.74) is 5.17. The normalized spacial score (nSPS) is 21.2. The van der Waals surface area contributed by atoms with E-state index in [1.165, 1.54) is 12.8 Å². The van der Waals surface area contributed by atoms with Crippen LogP contribution >= 0.6 is 15.9 Å². The first-order valence-electron chi connectivity index (χ1n) is 17.2. The zero-order valence-electron chi connectivity index (χ0n) is 28.0. The number of fused-ring (bicyclic) bond motifs is 1. The lowest BCUT2D eigenvalue weighted by atomic mass is 10.0. The van der Waals surface area contributed by atoms with Gasteiger partial charge in [0.25, 0.3) is 5.91 Å². The molecule has 1 N–H and O–H groups in total. The molecule has 11 heteroatoms. The fourth-order valence-electron chi connectivity index (χ4n) is 7.71. The van der Waals surface area contributed by atoms with Crippen LogP contribution in [0.4, 0.5) is 15.3 Å². The maximum absolute atomic E-state index is 14.0. The molecule has 1 unspecified atom stereocenters. The van der Waals surface area contributed by atoms with E-state index in [4.69, 9.17) is 4.74 Å². The number of aryl methyl sites for hydroxylation is 2. The van der Waals surface area contributed by atoms with Crippen LogP contribution in [0.1, 0.15) is 47.9 Å². The van der Waals surface area contributed by atoms with E-state index in [1.54, 1.807) is 4.90 Å². The SMILES string of the molecule is Cc1cc(CC(OC(=O)N2CCC(N3CCc4ccccc4NC3=O)CC2)C(=O)N2CCN(C3CCN(C)CC3)CC2)cc(C)c1Br. The molecule has 0 radical (unpaired) electrons. The minimum atomic E-state index is -0.898. The molecule has 10 nitrogen and oxygen atoms in total. The van der Waals surface area contributed by atoms with Gasteiger partial charge in [-0.05, 0) is 94.4 Å². The van der Waals surface area contributed by atoms with E-state index < -0.39 is 12.2 Å². The first-order valence-corrected chi connectivity index (χ1v) is 18.0. The van der Waals surface area contributed by atoms with Crippen LogP contribution in [0.2, 0.25) is 0 Å². The van der Waals surface area contributed by atoms with Gasteiger partial charge < -0.3 is 29.7 Å². The van der Waals surface area contributed by atoms with Crippen molar-refractivity contribution >= 4 is 39.6 Å². The Morgan fingerprint density at radius 1 is 0.872 bits per heavy atom. The van der Waals surface area contributed by atoms with E-state index in [0.717, 1.165) is 65.0 Å². The molecule has 47 heavy (non-hydrogen) atoms. The molecule has 6 rings (SSSR count). The molecule has 3 fully saturated rings. The highest BCUT2D eigenvalue weighted by atomic mass is 79.9. The number of rotatable bonds is 6. The van der Waals surface area contributed by atoms with Crippen molar-refractivity contribution in [2.45, 2.75) is 70.6 Å². The Hall–Kier alpha value is -3.15. The van der Waals surface area contributed by atoms with Gasteiger partial charge >= 0.3 is 12.1 Å². The highest BCUT2D eigenvalue weighted by molar-refractivity contribution is 9.10. The molecule has 0 saturated carbocycles. The van der Waals surface area contributed by atoms with Crippen LogP contribution in [0.3, 0.4) is 0 Å². The third-order valence-corrected chi connectivity index (χ3v) is 11.8. The molecular formula is C36H49BrN6O4. The number of nitrogens with zero attached hydrogens (tertiary/aromatic N) is 5. The molecule has 0 spiro atoms. The number of carbonyl (C=O) groups excluding carboxylic acids is 3. The van der Waals surface area contributed by atoms with Crippen molar-refractivity contribution in [1.82, 2.24) is 24.5 Å². The van der Waals surface area contributed by atoms with Crippen LogP contribution in [-0.2, 0) is 22.4 Å². The number of amides is 4. The number of piperazine rings is 1. The van der Waals surface area contributed by atoms with Gasteiger partial charge in [0.15, 0.2) is 6.10 Å². The molecular weight excluding hydrogens is 660 g/mol. The molecule has 4 aliphatic heterocycles. The summed E-state index contributed by atoms with van der Waals surface area (Å²) in [6.07, 6.45) is 3.44. The van der Waals surface area contributed by atoms with Crippen LogP contribution < -0.4 is 5.32 Å².